The number of hydrogen-bond donors (Lipinski definition) is 3. The summed E-state index contributed by atoms with van der Waals surface area (Å²) in [7, 11) is 1.47. The van der Waals surface area contributed by atoms with Gasteiger partial charge in [-0.3, -0.25) is 9.59 Å². The summed E-state index contributed by atoms with van der Waals surface area (Å²) >= 11 is 1.01. The molecule has 0 saturated carbocycles. The summed E-state index contributed by atoms with van der Waals surface area (Å²) in [4.78, 5) is 21.3. The Labute approximate surface area is 92.0 Å². The zero-order valence-electron chi connectivity index (χ0n) is 8.43. The first-order valence-corrected chi connectivity index (χ1v) is 5.44. The number of thioether (sulfide) groups is 1. The Hall–Kier alpha value is -0.790. The van der Waals surface area contributed by atoms with Gasteiger partial charge in [0.2, 0.25) is 5.91 Å². The molecule has 0 aromatic rings. The fourth-order valence-corrected chi connectivity index (χ4v) is 1.39. The predicted molar refractivity (Wildman–Crippen MR) is 55.9 cm³/mol. The first kappa shape index (κ1) is 14.2. The highest BCUT2D eigenvalue weighted by Gasteiger charge is 2.11. The first-order chi connectivity index (χ1) is 7.10. The van der Waals surface area contributed by atoms with Crippen molar-refractivity contribution in [2.75, 3.05) is 31.8 Å². The third kappa shape index (κ3) is 8.22. The summed E-state index contributed by atoms with van der Waals surface area (Å²) in [6.07, 6.45) is 0. The number of aliphatic hydroxyl groups excluding tert-OH is 1. The first-order valence-electron chi connectivity index (χ1n) is 4.28. The lowest BCUT2D eigenvalue weighted by Gasteiger charge is -2.14. The van der Waals surface area contributed by atoms with Crippen molar-refractivity contribution >= 4 is 23.6 Å². The third-order valence-corrected chi connectivity index (χ3v) is 2.33. The molecule has 0 bridgehead atoms. The number of hydrogen-bond acceptors (Lipinski definition) is 5. The van der Waals surface area contributed by atoms with Crippen LogP contribution in [0.1, 0.15) is 0 Å². The highest BCUT2D eigenvalue weighted by atomic mass is 32.2. The van der Waals surface area contributed by atoms with Crippen LogP contribution in [0.15, 0.2) is 0 Å². The summed E-state index contributed by atoms with van der Waals surface area (Å²) in [5.41, 5.74) is 0. The Balaban J connectivity index is 3.66. The van der Waals surface area contributed by atoms with Crippen molar-refractivity contribution in [3.63, 3.8) is 0 Å². The standard InChI is InChI=1S/C8H15NO5S/c1-14-3-6(2-10)9-7(11)4-15-5-8(12)13/h6,10H,2-5H2,1H3,(H,9,11)(H,12,13). The molecule has 1 unspecified atom stereocenters. The number of aliphatic hydroxyl groups is 1. The Bertz CT molecular complexity index is 211. The van der Waals surface area contributed by atoms with Crippen molar-refractivity contribution in [1.29, 1.82) is 0 Å². The molecule has 1 atom stereocenters. The van der Waals surface area contributed by atoms with Crippen LogP contribution in [0.3, 0.4) is 0 Å². The summed E-state index contributed by atoms with van der Waals surface area (Å²) < 4.78 is 4.76. The van der Waals surface area contributed by atoms with Crippen molar-refractivity contribution in [3.05, 3.63) is 0 Å². The second kappa shape index (κ2) is 8.51. The minimum absolute atomic E-state index is 0.0620. The fourth-order valence-electron chi connectivity index (χ4n) is 0.842. The minimum Gasteiger partial charge on any atom is -0.481 e. The monoisotopic (exact) mass is 237 g/mol. The highest BCUT2D eigenvalue weighted by Crippen LogP contribution is 1.98. The Morgan fingerprint density at radius 3 is 2.60 bits per heavy atom. The van der Waals surface area contributed by atoms with Crippen LogP contribution in [0.5, 0.6) is 0 Å². The van der Waals surface area contributed by atoms with Crippen molar-refractivity contribution in [2.45, 2.75) is 6.04 Å². The molecule has 0 aromatic carbocycles. The number of carbonyl (C=O) groups is 2. The normalized spacial score (nSPS) is 12.1. The lowest BCUT2D eigenvalue weighted by Crippen LogP contribution is -2.41. The topological polar surface area (TPSA) is 95.9 Å². The SMILES string of the molecule is COCC(CO)NC(=O)CSCC(=O)O. The molecular weight excluding hydrogens is 222 g/mol. The Morgan fingerprint density at radius 2 is 2.13 bits per heavy atom. The second-order valence-corrected chi connectivity index (χ2v) is 3.77. The number of ether oxygens (including phenoxy) is 1. The van der Waals surface area contributed by atoms with E-state index in [-0.39, 0.29) is 30.6 Å². The molecule has 0 aromatic heterocycles. The molecule has 0 spiro atoms. The molecule has 15 heavy (non-hydrogen) atoms. The van der Waals surface area contributed by atoms with E-state index in [0.717, 1.165) is 11.8 Å². The van der Waals surface area contributed by atoms with Gasteiger partial charge in [0.05, 0.1) is 30.8 Å². The third-order valence-electron chi connectivity index (χ3n) is 1.41. The number of carboxylic acids is 1. The summed E-state index contributed by atoms with van der Waals surface area (Å²) in [6.45, 7) is 0.0228. The van der Waals surface area contributed by atoms with Crippen LogP contribution in [-0.2, 0) is 14.3 Å². The summed E-state index contributed by atoms with van der Waals surface area (Å²) in [5, 5.41) is 19.7. The molecular formula is C8H15NO5S. The Kier molecular flexibility index (Phi) is 8.06. The van der Waals surface area contributed by atoms with Gasteiger partial charge in [0.25, 0.3) is 0 Å². The molecule has 0 radical (unpaired) electrons. The van der Waals surface area contributed by atoms with Crippen LogP contribution >= 0.6 is 11.8 Å². The van der Waals surface area contributed by atoms with E-state index in [4.69, 9.17) is 14.9 Å². The number of rotatable bonds is 8. The lowest BCUT2D eigenvalue weighted by molar-refractivity contribution is -0.133. The van der Waals surface area contributed by atoms with Crippen molar-refractivity contribution in [1.82, 2.24) is 5.32 Å². The van der Waals surface area contributed by atoms with Crippen molar-refractivity contribution < 1.29 is 24.5 Å². The maximum absolute atomic E-state index is 11.2. The second-order valence-electron chi connectivity index (χ2n) is 2.79. The zero-order valence-corrected chi connectivity index (χ0v) is 9.25. The van der Waals surface area contributed by atoms with E-state index >= 15 is 0 Å². The average molecular weight is 237 g/mol. The molecule has 1 amide bonds. The van der Waals surface area contributed by atoms with E-state index in [2.05, 4.69) is 5.32 Å². The maximum atomic E-state index is 11.2. The molecule has 88 valence electrons. The molecule has 7 heteroatoms. The number of carbonyl (C=O) groups excluding carboxylic acids is 1. The van der Waals surface area contributed by atoms with E-state index in [0.29, 0.717) is 0 Å². The predicted octanol–water partition coefficient (Wildman–Crippen LogP) is -1.07. The van der Waals surface area contributed by atoms with E-state index in [1.54, 1.807) is 0 Å². The van der Waals surface area contributed by atoms with Gasteiger partial charge in [-0.25, -0.2) is 0 Å². The van der Waals surface area contributed by atoms with Crippen LogP contribution in [0.2, 0.25) is 0 Å². The smallest absolute Gasteiger partial charge is 0.313 e. The van der Waals surface area contributed by atoms with Crippen LogP contribution in [-0.4, -0.2) is 60.0 Å². The van der Waals surface area contributed by atoms with Gasteiger partial charge in [-0.05, 0) is 0 Å². The van der Waals surface area contributed by atoms with Gasteiger partial charge in [-0.2, -0.15) is 0 Å². The molecule has 0 saturated heterocycles. The largest absolute Gasteiger partial charge is 0.481 e. The van der Waals surface area contributed by atoms with Crippen LogP contribution in [0.25, 0.3) is 0 Å². The number of methoxy groups -OCH3 is 1. The molecule has 6 nitrogen and oxygen atoms in total. The van der Waals surface area contributed by atoms with Gasteiger partial charge in [0, 0.05) is 7.11 Å². The maximum Gasteiger partial charge on any atom is 0.313 e. The number of amides is 1. The quantitative estimate of drug-likeness (QED) is 0.497. The van der Waals surface area contributed by atoms with E-state index in [1.165, 1.54) is 7.11 Å². The molecule has 0 aliphatic heterocycles. The van der Waals surface area contributed by atoms with Crippen LogP contribution in [0.4, 0.5) is 0 Å². The summed E-state index contributed by atoms with van der Waals surface area (Å²) in [5.74, 6) is -1.31. The molecule has 3 N–H and O–H groups in total. The molecule has 0 aliphatic carbocycles. The van der Waals surface area contributed by atoms with Crippen molar-refractivity contribution in [2.24, 2.45) is 0 Å². The van der Waals surface area contributed by atoms with Gasteiger partial charge < -0.3 is 20.3 Å². The molecule has 0 heterocycles. The average Bonchev–Trinajstić information content (AvgIpc) is 2.16. The van der Waals surface area contributed by atoms with E-state index < -0.39 is 12.0 Å². The zero-order chi connectivity index (χ0) is 11.7. The van der Waals surface area contributed by atoms with Gasteiger partial charge in [-0.1, -0.05) is 0 Å². The Morgan fingerprint density at radius 1 is 1.47 bits per heavy atom. The van der Waals surface area contributed by atoms with Crippen LogP contribution < -0.4 is 5.32 Å². The van der Waals surface area contributed by atoms with Crippen LogP contribution in [0, 0.1) is 0 Å². The molecule has 0 aliphatic rings. The lowest BCUT2D eigenvalue weighted by atomic mass is 10.3. The fraction of sp³-hybridized carbons (Fsp3) is 0.750. The van der Waals surface area contributed by atoms with E-state index in [1.807, 2.05) is 0 Å². The van der Waals surface area contributed by atoms with Gasteiger partial charge in [0.15, 0.2) is 0 Å². The number of carboxylic acid groups (broad SMARTS) is 1. The molecule has 0 rings (SSSR count). The minimum atomic E-state index is -0.955. The summed E-state index contributed by atoms with van der Waals surface area (Å²) in [6, 6.07) is -0.437. The highest BCUT2D eigenvalue weighted by molar-refractivity contribution is 8.00. The molecule has 0 fully saturated rings. The number of nitrogens with one attached hydrogen (secondary N) is 1. The van der Waals surface area contributed by atoms with Gasteiger partial charge in [-0.15, -0.1) is 11.8 Å². The number of aliphatic carboxylic acids is 1. The van der Waals surface area contributed by atoms with Gasteiger partial charge >= 0.3 is 5.97 Å². The van der Waals surface area contributed by atoms with Gasteiger partial charge in [0.1, 0.15) is 0 Å². The van der Waals surface area contributed by atoms with E-state index in [9.17, 15) is 9.59 Å². The van der Waals surface area contributed by atoms with Crippen molar-refractivity contribution in [3.8, 4) is 0 Å².